The molecule has 1 aliphatic rings. The number of aliphatic hydroxyl groups is 1. The van der Waals surface area contributed by atoms with Crippen LogP contribution in [-0.2, 0) is 16.1 Å². The van der Waals surface area contributed by atoms with Crippen molar-refractivity contribution in [2.75, 3.05) is 6.54 Å². The molecule has 1 heterocycles. The van der Waals surface area contributed by atoms with Gasteiger partial charge in [-0.25, -0.2) is 4.79 Å². The fourth-order valence-electron chi connectivity index (χ4n) is 2.83. The Hall–Kier alpha value is -2.66. The number of hydrogen-bond donors (Lipinski definition) is 1. The van der Waals surface area contributed by atoms with Gasteiger partial charge in [0.25, 0.3) is 5.91 Å². The number of hydrogen-bond acceptors (Lipinski definition) is 4. The van der Waals surface area contributed by atoms with Crippen LogP contribution >= 0.6 is 0 Å². The summed E-state index contributed by atoms with van der Waals surface area (Å²) in [5, 5.41) is 9.90. The third-order valence-electron chi connectivity index (χ3n) is 4.06. The minimum absolute atomic E-state index is 0.138. The standard InChI is InChI=1S/C19H19NO4/c21-16-11-17(19(23)24-13-14-7-3-1-4-8-14)20(12-16)18(22)15-9-5-2-6-10-15/h1-10,16-17,21H,11-13H2/t16-,17+/m1/s1. The van der Waals surface area contributed by atoms with Gasteiger partial charge >= 0.3 is 5.97 Å². The molecule has 3 rings (SSSR count). The molecule has 24 heavy (non-hydrogen) atoms. The van der Waals surface area contributed by atoms with E-state index < -0.39 is 18.1 Å². The SMILES string of the molecule is O=C(OCc1ccccc1)[C@@H]1C[C@@H](O)CN1C(=O)c1ccccc1. The molecule has 124 valence electrons. The van der Waals surface area contributed by atoms with Crippen LogP contribution in [0, 0.1) is 0 Å². The number of carbonyl (C=O) groups is 2. The van der Waals surface area contributed by atoms with E-state index in [1.807, 2.05) is 36.4 Å². The molecule has 5 nitrogen and oxygen atoms in total. The molecule has 1 amide bonds. The van der Waals surface area contributed by atoms with E-state index in [0.29, 0.717) is 5.56 Å². The van der Waals surface area contributed by atoms with Gasteiger partial charge < -0.3 is 14.7 Å². The van der Waals surface area contributed by atoms with Crippen LogP contribution in [0.25, 0.3) is 0 Å². The lowest BCUT2D eigenvalue weighted by atomic mass is 10.1. The zero-order valence-corrected chi connectivity index (χ0v) is 13.2. The topological polar surface area (TPSA) is 66.8 Å². The molecule has 2 aromatic carbocycles. The van der Waals surface area contributed by atoms with E-state index >= 15 is 0 Å². The molecule has 1 N–H and O–H groups in total. The highest BCUT2D eigenvalue weighted by Crippen LogP contribution is 2.22. The van der Waals surface area contributed by atoms with E-state index in [-0.39, 0.29) is 25.5 Å². The Morgan fingerprint density at radius 1 is 1.04 bits per heavy atom. The summed E-state index contributed by atoms with van der Waals surface area (Å²) in [6.07, 6.45) is -0.515. The van der Waals surface area contributed by atoms with Crippen molar-refractivity contribution in [3.05, 3.63) is 71.8 Å². The predicted molar refractivity (Wildman–Crippen MR) is 88.1 cm³/mol. The second-order valence-corrected chi connectivity index (χ2v) is 5.82. The second kappa shape index (κ2) is 7.27. The number of likely N-dealkylation sites (tertiary alicyclic amines) is 1. The first-order valence-corrected chi connectivity index (χ1v) is 7.90. The Labute approximate surface area is 140 Å². The van der Waals surface area contributed by atoms with Crippen molar-refractivity contribution in [2.24, 2.45) is 0 Å². The molecule has 1 aliphatic heterocycles. The Bertz CT molecular complexity index is 702. The van der Waals surface area contributed by atoms with Crippen molar-refractivity contribution in [1.82, 2.24) is 4.90 Å². The van der Waals surface area contributed by atoms with Gasteiger partial charge in [-0.15, -0.1) is 0 Å². The lowest BCUT2D eigenvalue weighted by Crippen LogP contribution is -2.41. The highest BCUT2D eigenvalue weighted by atomic mass is 16.5. The summed E-state index contributed by atoms with van der Waals surface area (Å²) in [5.74, 6) is -0.756. The van der Waals surface area contributed by atoms with Gasteiger partial charge in [-0.3, -0.25) is 4.79 Å². The van der Waals surface area contributed by atoms with E-state index in [1.165, 1.54) is 4.90 Å². The van der Waals surface area contributed by atoms with Crippen LogP contribution in [0.15, 0.2) is 60.7 Å². The van der Waals surface area contributed by atoms with Gasteiger partial charge in [0.2, 0.25) is 0 Å². The predicted octanol–water partition coefficient (Wildman–Crippen LogP) is 2.01. The number of carbonyl (C=O) groups excluding carboxylic acids is 2. The maximum atomic E-state index is 12.6. The number of aliphatic hydroxyl groups excluding tert-OH is 1. The van der Waals surface area contributed by atoms with Crippen molar-refractivity contribution < 1.29 is 19.4 Å². The van der Waals surface area contributed by atoms with Gasteiger partial charge in [-0.2, -0.15) is 0 Å². The van der Waals surface area contributed by atoms with E-state index in [0.717, 1.165) is 5.56 Å². The minimum Gasteiger partial charge on any atom is -0.459 e. The highest BCUT2D eigenvalue weighted by molar-refractivity contribution is 5.97. The smallest absolute Gasteiger partial charge is 0.329 e. The molecule has 5 heteroatoms. The molecule has 1 fully saturated rings. The third-order valence-corrected chi connectivity index (χ3v) is 4.06. The maximum absolute atomic E-state index is 12.6. The molecule has 0 aliphatic carbocycles. The number of amides is 1. The summed E-state index contributed by atoms with van der Waals surface area (Å²) in [6.45, 7) is 0.290. The van der Waals surface area contributed by atoms with Crippen LogP contribution in [0.2, 0.25) is 0 Å². The average Bonchev–Trinajstić information content (AvgIpc) is 3.02. The molecule has 0 bridgehead atoms. The van der Waals surface area contributed by atoms with Gasteiger partial charge in [-0.05, 0) is 17.7 Å². The van der Waals surface area contributed by atoms with Crippen LogP contribution in [0.4, 0.5) is 0 Å². The third kappa shape index (κ3) is 3.63. The Morgan fingerprint density at radius 2 is 1.67 bits per heavy atom. The molecule has 2 aromatic rings. The first kappa shape index (κ1) is 16.2. The summed E-state index contributed by atoms with van der Waals surface area (Å²) < 4.78 is 5.33. The quantitative estimate of drug-likeness (QED) is 0.873. The van der Waals surface area contributed by atoms with Gasteiger partial charge in [0.1, 0.15) is 12.6 Å². The molecule has 0 radical (unpaired) electrons. The summed E-state index contributed by atoms with van der Waals surface area (Å²) in [5.41, 5.74) is 1.37. The van der Waals surface area contributed by atoms with Gasteiger partial charge in [-0.1, -0.05) is 48.5 Å². The minimum atomic E-state index is -0.753. The second-order valence-electron chi connectivity index (χ2n) is 5.82. The first-order valence-electron chi connectivity index (χ1n) is 7.90. The van der Waals surface area contributed by atoms with Gasteiger partial charge in [0.15, 0.2) is 0 Å². The number of β-amino-alcohol motifs (C(OH)–C–C–N with tert-alkyl or cyclic N) is 1. The molecular formula is C19H19NO4. The van der Waals surface area contributed by atoms with Crippen molar-refractivity contribution in [2.45, 2.75) is 25.2 Å². The van der Waals surface area contributed by atoms with E-state index in [4.69, 9.17) is 4.74 Å². The molecule has 0 unspecified atom stereocenters. The molecule has 0 saturated carbocycles. The van der Waals surface area contributed by atoms with Gasteiger partial charge in [0.05, 0.1) is 6.10 Å². The number of nitrogens with zero attached hydrogens (tertiary/aromatic N) is 1. The van der Waals surface area contributed by atoms with Crippen LogP contribution in [-0.4, -0.2) is 40.6 Å². The zero-order chi connectivity index (χ0) is 16.9. The van der Waals surface area contributed by atoms with Crippen molar-refractivity contribution in [3.63, 3.8) is 0 Å². The Balaban J connectivity index is 1.68. The Kier molecular flexibility index (Phi) is 4.91. The molecule has 1 saturated heterocycles. The van der Waals surface area contributed by atoms with E-state index in [1.54, 1.807) is 24.3 Å². The highest BCUT2D eigenvalue weighted by Gasteiger charge is 2.40. The summed E-state index contributed by atoms with van der Waals surface area (Å²) in [4.78, 5) is 26.4. The molecular weight excluding hydrogens is 306 g/mol. The molecule has 0 spiro atoms. The summed E-state index contributed by atoms with van der Waals surface area (Å²) in [7, 11) is 0. The van der Waals surface area contributed by atoms with Crippen LogP contribution in [0.5, 0.6) is 0 Å². The molecule has 2 atom stereocenters. The Morgan fingerprint density at radius 3 is 2.33 bits per heavy atom. The lowest BCUT2D eigenvalue weighted by Gasteiger charge is -2.23. The van der Waals surface area contributed by atoms with Crippen LogP contribution < -0.4 is 0 Å². The average molecular weight is 325 g/mol. The number of ether oxygens (including phenoxy) is 1. The number of benzene rings is 2. The monoisotopic (exact) mass is 325 g/mol. The number of rotatable bonds is 4. The fourth-order valence-corrected chi connectivity index (χ4v) is 2.83. The van der Waals surface area contributed by atoms with E-state index in [9.17, 15) is 14.7 Å². The molecule has 0 aromatic heterocycles. The lowest BCUT2D eigenvalue weighted by molar-refractivity contribution is -0.149. The number of esters is 1. The maximum Gasteiger partial charge on any atom is 0.329 e. The normalized spacial score (nSPS) is 20.0. The van der Waals surface area contributed by atoms with Gasteiger partial charge in [0, 0.05) is 18.5 Å². The van der Waals surface area contributed by atoms with E-state index in [2.05, 4.69) is 0 Å². The van der Waals surface area contributed by atoms with Crippen molar-refractivity contribution >= 4 is 11.9 Å². The fraction of sp³-hybridized carbons (Fsp3) is 0.263. The first-order chi connectivity index (χ1) is 11.6. The summed E-state index contributed by atoms with van der Waals surface area (Å²) in [6, 6.07) is 17.3. The van der Waals surface area contributed by atoms with Crippen molar-refractivity contribution in [1.29, 1.82) is 0 Å². The summed E-state index contributed by atoms with van der Waals surface area (Å²) >= 11 is 0. The van der Waals surface area contributed by atoms with Crippen LogP contribution in [0.1, 0.15) is 22.3 Å². The largest absolute Gasteiger partial charge is 0.459 e. The zero-order valence-electron chi connectivity index (χ0n) is 13.2. The van der Waals surface area contributed by atoms with Crippen LogP contribution in [0.3, 0.4) is 0 Å². The van der Waals surface area contributed by atoms with Crippen molar-refractivity contribution in [3.8, 4) is 0 Å².